The second-order valence-electron chi connectivity index (χ2n) is 10.2. The number of pyridine rings is 2. The van der Waals surface area contributed by atoms with E-state index >= 15 is 0 Å². The van der Waals surface area contributed by atoms with E-state index in [0.717, 1.165) is 37.9 Å². The van der Waals surface area contributed by atoms with Crippen LogP contribution in [0, 0.1) is 20.8 Å². The van der Waals surface area contributed by atoms with Crippen molar-refractivity contribution >= 4 is 49.3 Å². The Balaban J connectivity index is 1.98. The molecule has 5 rings (SSSR count). The van der Waals surface area contributed by atoms with Gasteiger partial charge in [-0.25, -0.2) is 14.8 Å². The van der Waals surface area contributed by atoms with Crippen LogP contribution in [0.4, 0.5) is 0 Å². The van der Waals surface area contributed by atoms with Crippen molar-refractivity contribution in [3.8, 4) is 17.0 Å². The van der Waals surface area contributed by atoms with Crippen molar-refractivity contribution in [3.05, 3.63) is 64.0 Å². The van der Waals surface area contributed by atoms with Crippen LogP contribution in [-0.2, 0) is 9.53 Å². The van der Waals surface area contributed by atoms with E-state index in [1.165, 1.54) is 11.3 Å². The van der Waals surface area contributed by atoms with E-state index in [0.29, 0.717) is 27.5 Å². The SMILES string of the molecule is Cc1ccc(-c2c([C@H](OC(C)(C)C)C(=O)O)c(C)c3nc(O)c4cc5ccsc5nc4c3c2C)cc1. The van der Waals surface area contributed by atoms with Gasteiger partial charge in [0, 0.05) is 16.3 Å². The minimum absolute atomic E-state index is 0.127. The molecule has 36 heavy (non-hydrogen) atoms. The highest BCUT2D eigenvalue weighted by Crippen LogP contribution is 2.44. The van der Waals surface area contributed by atoms with Gasteiger partial charge in [-0.2, -0.15) is 0 Å². The van der Waals surface area contributed by atoms with Gasteiger partial charge in [-0.05, 0) is 81.3 Å². The summed E-state index contributed by atoms with van der Waals surface area (Å²) in [6, 6.07) is 11.9. The Hall–Kier alpha value is -3.55. The van der Waals surface area contributed by atoms with Crippen molar-refractivity contribution in [1.82, 2.24) is 9.97 Å². The highest BCUT2D eigenvalue weighted by Gasteiger charge is 2.33. The Bertz CT molecular complexity index is 1660. The van der Waals surface area contributed by atoms with Crippen LogP contribution >= 0.6 is 11.3 Å². The Kier molecular flexibility index (Phi) is 5.73. The number of carboxylic acid groups (broad SMARTS) is 1. The van der Waals surface area contributed by atoms with Gasteiger partial charge in [-0.1, -0.05) is 29.8 Å². The molecule has 2 N–H and O–H groups in total. The van der Waals surface area contributed by atoms with Crippen LogP contribution in [0.1, 0.15) is 49.1 Å². The predicted octanol–water partition coefficient (Wildman–Crippen LogP) is 7.24. The smallest absolute Gasteiger partial charge is 0.337 e. The summed E-state index contributed by atoms with van der Waals surface area (Å²) in [5.74, 6) is -1.21. The number of carbonyl (C=O) groups is 1. The van der Waals surface area contributed by atoms with Crippen molar-refractivity contribution in [2.45, 2.75) is 53.2 Å². The number of fused-ring (bicyclic) bond motifs is 4. The minimum Gasteiger partial charge on any atom is -0.493 e. The van der Waals surface area contributed by atoms with Gasteiger partial charge >= 0.3 is 5.97 Å². The number of aliphatic carboxylic acids is 1. The monoisotopic (exact) mass is 500 g/mol. The topological polar surface area (TPSA) is 92.5 Å². The Morgan fingerprint density at radius 3 is 2.33 bits per heavy atom. The fourth-order valence-electron chi connectivity index (χ4n) is 4.87. The molecular weight excluding hydrogens is 472 g/mol. The predicted molar refractivity (Wildman–Crippen MR) is 145 cm³/mol. The highest BCUT2D eigenvalue weighted by molar-refractivity contribution is 7.16. The molecule has 7 heteroatoms. The summed E-state index contributed by atoms with van der Waals surface area (Å²) in [6.07, 6.45) is -1.23. The number of aromatic hydroxyl groups is 1. The number of hydrogen-bond acceptors (Lipinski definition) is 6. The average Bonchev–Trinajstić information content (AvgIpc) is 3.26. The molecule has 5 aromatic rings. The third kappa shape index (κ3) is 3.98. The first-order chi connectivity index (χ1) is 17.0. The molecule has 0 aliphatic heterocycles. The molecule has 0 unspecified atom stereocenters. The van der Waals surface area contributed by atoms with Gasteiger partial charge < -0.3 is 14.9 Å². The number of thiophene rings is 1. The number of benzene rings is 2. The molecule has 0 spiro atoms. The number of aromatic nitrogens is 2. The van der Waals surface area contributed by atoms with Gasteiger partial charge in [0.25, 0.3) is 0 Å². The number of ether oxygens (including phenoxy) is 1. The number of nitrogens with zero attached hydrogens (tertiary/aromatic N) is 2. The normalized spacial score (nSPS) is 13.1. The molecule has 3 aromatic heterocycles. The lowest BCUT2D eigenvalue weighted by Gasteiger charge is -2.29. The van der Waals surface area contributed by atoms with Gasteiger partial charge in [0.15, 0.2) is 6.10 Å². The van der Waals surface area contributed by atoms with Crippen LogP contribution in [0.2, 0.25) is 0 Å². The lowest BCUT2D eigenvalue weighted by atomic mass is 9.85. The van der Waals surface area contributed by atoms with Crippen LogP contribution in [-0.4, -0.2) is 31.8 Å². The molecule has 0 aliphatic rings. The zero-order valence-corrected chi connectivity index (χ0v) is 21.9. The molecule has 2 aromatic carbocycles. The number of hydrogen-bond donors (Lipinski definition) is 2. The van der Waals surface area contributed by atoms with Gasteiger partial charge in [0.05, 0.1) is 22.0 Å². The van der Waals surface area contributed by atoms with Crippen LogP contribution in [0.5, 0.6) is 5.88 Å². The molecular formula is C29H28N2O4S. The van der Waals surface area contributed by atoms with Crippen molar-refractivity contribution in [3.63, 3.8) is 0 Å². The summed E-state index contributed by atoms with van der Waals surface area (Å²) >= 11 is 1.54. The van der Waals surface area contributed by atoms with E-state index in [9.17, 15) is 15.0 Å². The van der Waals surface area contributed by atoms with E-state index in [4.69, 9.17) is 9.72 Å². The maximum absolute atomic E-state index is 12.6. The van der Waals surface area contributed by atoms with E-state index in [-0.39, 0.29) is 5.88 Å². The summed E-state index contributed by atoms with van der Waals surface area (Å²) in [5.41, 5.74) is 5.29. The number of aryl methyl sites for hydroxylation is 3. The zero-order valence-electron chi connectivity index (χ0n) is 21.1. The van der Waals surface area contributed by atoms with E-state index in [1.54, 1.807) is 0 Å². The summed E-state index contributed by atoms with van der Waals surface area (Å²) in [6.45, 7) is 11.3. The molecule has 3 heterocycles. The Labute approximate surface area is 213 Å². The fraction of sp³-hybridized carbons (Fsp3) is 0.276. The summed E-state index contributed by atoms with van der Waals surface area (Å²) in [4.78, 5) is 23.0. The molecule has 0 aliphatic carbocycles. The largest absolute Gasteiger partial charge is 0.493 e. The highest BCUT2D eigenvalue weighted by atomic mass is 32.1. The first kappa shape index (κ1) is 24.2. The van der Waals surface area contributed by atoms with E-state index < -0.39 is 17.7 Å². The molecule has 184 valence electrons. The molecule has 0 saturated carbocycles. The lowest BCUT2D eigenvalue weighted by molar-refractivity contribution is -0.160. The molecule has 0 amide bonds. The average molecular weight is 501 g/mol. The Morgan fingerprint density at radius 1 is 1.00 bits per heavy atom. The quantitative estimate of drug-likeness (QED) is 0.253. The third-order valence-corrected chi connectivity index (χ3v) is 7.27. The van der Waals surface area contributed by atoms with E-state index in [1.807, 2.05) is 83.3 Å². The second kappa shape index (κ2) is 8.54. The first-order valence-electron chi connectivity index (χ1n) is 11.8. The molecule has 0 saturated heterocycles. The second-order valence-corrected chi connectivity index (χ2v) is 11.1. The van der Waals surface area contributed by atoms with Gasteiger partial charge in [0.1, 0.15) is 4.83 Å². The third-order valence-electron chi connectivity index (χ3n) is 6.45. The first-order valence-corrected chi connectivity index (χ1v) is 12.7. The standard InChI is InChI=1S/C29H28N2O4S/c1-14-7-9-17(10-8-14)20-15(2)22-23(16(3)21(20)25(28(33)34)35-29(4,5)6)30-26(32)19-13-18-11-12-36-27(18)31-24(19)22/h7-13,25H,1-6H3,(H,30,32)(H,33,34)/t25-/m0/s1. The Morgan fingerprint density at radius 2 is 1.69 bits per heavy atom. The van der Waals surface area contributed by atoms with Crippen molar-refractivity contribution in [2.24, 2.45) is 0 Å². The van der Waals surface area contributed by atoms with Crippen LogP contribution in [0.3, 0.4) is 0 Å². The van der Waals surface area contributed by atoms with Gasteiger partial charge in [0.2, 0.25) is 5.88 Å². The molecule has 1 atom stereocenters. The van der Waals surface area contributed by atoms with Gasteiger partial charge in [-0.15, -0.1) is 11.3 Å². The molecule has 0 bridgehead atoms. The van der Waals surface area contributed by atoms with Crippen LogP contribution in [0.15, 0.2) is 41.8 Å². The lowest BCUT2D eigenvalue weighted by Crippen LogP contribution is -2.28. The fourth-order valence-corrected chi connectivity index (χ4v) is 5.62. The molecule has 6 nitrogen and oxygen atoms in total. The van der Waals surface area contributed by atoms with Crippen molar-refractivity contribution in [1.29, 1.82) is 0 Å². The van der Waals surface area contributed by atoms with Crippen molar-refractivity contribution < 1.29 is 19.7 Å². The number of carboxylic acids is 1. The minimum atomic E-state index is -1.23. The number of rotatable bonds is 4. The van der Waals surface area contributed by atoms with E-state index in [2.05, 4.69) is 4.98 Å². The van der Waals surface area contributed by atoms with Crippen LogP contribution in [0.25, 0.3) is 43.1 Å². The van der Waals surface area contributed by atoms with Crippen molar-refractivity contribution in [2.75, 3.05) is 0 Å². The summed E-state index contributed by atoms with van der Waals surface area (Å²) in [7, 11) is 0. The maximum atomic E-state index is 12.6. The summed E-state index contributed by atoms with van der Waals surface area (Å²) < 4.78 is 6.12. The molecule has 0 radical (unpaired) electrons. The maximum Gasteiger partial charge on any atom is 0.337 e. The summed E-state index contributed by atoms with van der Waals surface area (Å²) in [5, 5.41) is 25.5. The molecule has 0 fully saturated rings. The zero-order chi connectivity index (χ0) is 25.9. The van der Waals surface area contributed by atoms with Crippen LogP contribution < -0.4 is 0 Å². The van der Waals surface area contributed by atoms with Gasteiger partial charge in [-0.3, -0.25) is 0 Å².